The average molecular weight is 484 g/mol. The molecule has 0 unspecified atom stereocenters. The summed E-state index contributed by atoms with van der Waals surface area (Å²) in [5, 5.41) is 1.96. The van der Waals surface area contributed by atoms with Crippen LogP contribution >= 0.6 is 11.3 Å². The standard InChI is InChI=1S/C26H26FNO5S/c1-31-21-8-5-4-7-18(21)16-28-20(22-9-6-14-34-22)15-26(24(29)32-2,25(30)33-3)23(28)17-10-12-19(27)13-11-17/h4-14,20,23H,15-16H2,1-3H3/t20-,23-/m1/s1. The van der Waals surface area contributed by atoms with E-state index in [2.05, 4.69) is 4.90 Å². The van der Waals surface area contributed by atoms with E-state index < -0.39 is 29.2 Å². The second-order valence-corrected chi connectivity index (χ2v) is 9.11. The van der Waals surface area contributed by atoms with Crippen molar-refractivity contribution in [3.05, 3.63) is 87.9 Å². The summed E-state index contributed by atoms with van der Waals surface area (Å²) in [5.74, 6) is -1.08. The third-order valence-corrected chi connectivity index (χ3v) is 7.39. The summed E-state index contributed by atoms with van der Waals surface area (Å²) in [5.41, 5.74) is -0.131. The Bertz CT molecular complexity index is 1130. The van der Waals surface area contributed by atoms with Crippen LogP contribution < -0.4 is 4.74 Å². The number of likely N-dealkylation sites (tertiary alicyclic amines) is 1. The number of rotatable bonds is 7. The number of para-hydroxylation sites is 1. The zero-order valence-corrected chi connectivity index (χ0v) is 20.0. The number of benzene rings is 2. The zero-order chi connectivity index (χ0) is 24.3. The van der Waals surface area contributed by atoms with E-state index in [1.807, 2.05) is 41.8 Å². The zero-order valence-electron chi connectivity index (χ0n) is 19.2. The smallest absolute Gasteiger partial charge is 0.325 e. The average Bonchev–Trinajstić information content (AvgIpc) is 3.51. The highest BCUT2D eigenvalue weighted by Gasteiger charge is 2.64. The summed E-state index contributed by atoms with van der Waals surface area (Å²) in [6.45, 7) is 0.379. The second kappa shape index (κ2) is 9.95. The largest absolute Gasteiger partial charge is 0.496 e. The maximum atomic E-state index is 13.8. The van der Waals surface area contributed by atoms with Crippen molar-refractivity contribution in [3.63, 3.8) is 0 Å². The van der Waals surface area contributed by atoms with E-state index in [4.69, 9.17) is 14.2 Å². The van der Waals surface area contributed by atoms with E-state index in [1.165, 1.54) is 26.4 Å². The molecule has 178 valence electrons. The molecule has 0 saturated carbocycles. The SMILES string of the molecule is COC(=O)C1(C(=O)OC)C[C@H](c2cccs2)N(Cc2ccccc2OC)[C@@H]1c1ccc(F)cc1. The number of hydrogen-bond donors (Lipinski definition) is 0. The summed E-state index contributed by atoms with van der Waals surface area (Å²) in [6.07, 6.45) is 0.157. The van der Waals surface area contributed by atoms with E-state index in [1.54, 1.807) is 30.6 Å². The molecule has 0 N–H and O–H groups in total. The van der Waals surface area contributed by atoms with Crippen LogP contribution in [0.3, 0.4) is 0 Å². The molecule has 0 bridgehead atoms. The molecule has 1 fully saturated rings. The molecule has 1 aliphatic rings. The maximum absolute atomic E-state index is 13.8. The summed E-state index contributed by atoms with van der Waals surface area (Å²) < 4.78 is 29.8. The molecule has 6 nitrogen and oxygen atoms in total. The van der Waals surface area contributed by atoms with Crippen molar-refractivity contribution >= 4 is 23.3 Å². The molecule has 3 aromatic rings. The van der Waals surface area contributed by atoms with Gasteiger partial charge in [0.15, 0.2) is 5.41 Å². The maximum Gasteiger partial charge on any atom is 0.325 e. The lowest BCUT2D eigenvalue weighted by Gasteiger charge is -2.35. The van der Waals surface area contributed by atoms with Gasteiger partial charge in [0.1, 0.15) is 11.6 Å². The number of carbonyl (C=O) groups is 2. The van der Waals surface area contributed by atoms with E-state index in [0.717, 1.165) is 10.4 Å². The third kappa shape index (κ3) is 4.08. The third-order valence-electron chi connectivity index (χ3n) is 6.42. The number of hydrogen-bond acceptors (Lipinski definition) is 7. The lowest BCUT2D eigenvalue weighted by Crippen LogP contribution is -2.45. The fourth-order valence-corrected chi connectivity index (χ4v) is 5.78. The van der Waals surface area contributed by atoms with Crippen LogP contribution in [-0.2, 0) is 25.6 Å². The number of thiophene rings is 1. The molecule has 34 heavy (non-hydrogen) atoms. The Kier molecular flexibility index (Phi) is 7.00. The van der Waals surface area contributed by atoms with Gasteiger partial charge in [0.25, 0.3) is 0 Å². The molecule has 0 spiro atoms. The predicted molar refractivity (Wildman–Crippen MR) is 126 cm³/mol. The van der Waals surface area contributed by atoms with Gasteiger partial charge in [-0.2, -0.15) is 0 Å². The lowest BCUT2D eigenvalue weighted by molar-refractivity contribution is -0.171. The molecular weight excluding hydrogens is 457 g/mol. The van der Waals surface area contributed by atoms with Crippen LogP contribution in [0.25, 0.3) is 0 Å². The van der Waals surface area contributed by atoms with Crippen molar-refractivity contribution in [2.45, 2.75) is 25.0 Å². The van der Waals surface area contributed by atoms with Crippen molar-refractivity contribution in [3.8, 4) is 5.75 Å². The molecule has 2 atom stereocenters. The molecule has 1 aliphatic heterocycles. The number of methoxy groups -OCH3 is 3. The fraction of sp³-hybridized carbons (Fsp3) is 0.308. The van der Waals surface area contributed by atoms with Gasteiger partial charge < -0.3 is 14.2 Å². The Hall–Kier alpha value is -3.23. The van der Waals surface area contributed by atoms with Gasteiger partial charge in [0, 0.05) is 23.0 Å². The van der Waals surface area contributed by atoms with Gasteiger partial charge in [-0.3, -0.25) is 14.5 Å². The Morgan fingerprint density at radius 3 is 2.26 bits per heavy atom. The highest BCUT2D eigenvalue weighted by atomic mass is 32.1. The van der Waals surface area contributed by atoms with Gasteiger partial charge in [-0.15, -0.1) is 11.3 Å². The van der Waals surface area contributed by atoms with Crippen LogP contribution in [0.4, 0.5) is 4.39 Å². The molecule has 2 heterocycles. The van der Waals surface area contributed by atoms with Crippen LogP contribution in [0, 0.1) is 11.2 Å². The van der Waals surface area contributed by atoms with Gasteiger partial charge in [0.05, 0.1) is 27.4 Å². The van der Waals surface area contributed by atoms with Crippen LogP contribution in [0.2, 0.25) is 0 Å². The molecule has 2 aromatic carbocycles. The quantitative estimate of drug-likeness (QED) is 0.351. The Labute approximate surface area is 201 Å². The number of nitrogens with zero attached hydrogens (tertiary/aromatic N) is 1. The predicted octanol–water partition coefficient (Wildman–Crippen LogP) is 4.92. The van der Waals surface area contributed by atoms with Crippen LogP contribution in [0.15, 0.2) is 66.0 Å². The normalized spacial score (nSPS) is 19.5. The number of carbonyl (C=O) groups excluding carboxylic acids is 2. The van der Waals surface area contributed by atoms with Crippen molar-refractivity contribution < 1.29 is 28.2 Å². The first-order valence-electron chi connectivity index (χ1n) is 10.8. The van der Waals surface area contributed by atoms with Gasteiger partial charge in [-0.25, -0.2) is 4.39 Å². The van der Waals surface area contributed by atoms with Crippen LogP contribution in [0.5, 0.6) is 5.75 Å². The number of halogens is 1. The lowest BCUT2D eigenvalue weighted by atomic mass is 9.76. The van der Waals surface area contributed by atoms with E-state index in [-0.39, 0.29) is 12.5 Å². The summed E-state index contributed by atoms with van der Waals surface area (Å²) in [4.78, 5) is 29.8. The summed E-state index contributed by atoms with van der Waals surface area (Å²) in [6, 6.07) is 16.3. The van der Waals surface area contributed by atoms with Gasteiger partial charge in [-0.1, -0.05) is 36.4 Å². The Morgan fingerprint density at radius 1 is 1.00 bits per heavy atom. The highest BCUT2D eigenvalue weighted by molar-refractivity contribution is 7.10. The van der Waals surface area contributed by atoms with Gasteiger partial charge >= 0.3 is 11.9 Å². The molecule has 4 rings (SSSR count). The fourth-order valence-electron chi connectivity index (χ4n) is 4.93. The van der Waals surface area contributed by atoms with E-state index >= 15 is 0 Å². The topological polar surface area (TPSA) is 65.1 Å². The van der Waals surface area contributed by atoms with E-state index in [0.29, 0.717) is 17.9 Å². The Morgan fingerprint density at radius 2 is 1.68 bits per heavy atom. The molecular formula is C26H26FNO5S. The molecule has 0 aliphatic carbocycles. The highest BCUT2D eigenvalue weighted by Crippen LogP contribution is 2.58. The number of ether oxygens (including phenoxy) is 3. The minimum absolute atomic E-state index is 0.157. The van der Waals surface area contributed by atoms with Gasteiger partial charge in [0.2, 0.25) is 0 Å². The van der Waals surface area contributed by atoms with Crippen molar-refractivity contribution in [1.29, 1.82) is 0 Å². The summed E-state index contributed by atoms with van der Waals surface area (Å²) >= 11 is 1.55. The molecule has 8 heteroatoms. The van der Waals surface area contributed by atoms with Crippen LogP contribution in [-0.4, -0.2) is 38.2 Å². The molecule has 1 aromatic heterocycles. The second-order valence-electron chi connectivity index (χ2n) is 8.13. The first kappa shape index (κ1) is 23.9. The van der Waals surface area contributed by atoms with Gasteiger partial charge in [-0.05, 0) is 41.6 Å². The first-order valence-corrected chi connectivity index (χ1v) is 11.7. The monoisotopic (exact) mass is 483 g/mol. The van der Waals surface area contributed by atoms with Crippen molar-refractivity contribution in [2.75, 3.05) is 21.3 Å². The van der Waals surface area contributed by atoms with Crippen molar-refractivity contribution in [2.24, 2.45) is 5.41 Å². The van der Waals surface area contributed by atoms with Crippen LogP contribution in [0.1, 0.15) is 34.5 Å². The summed E-state index contributed by atoms with van der Waals surface area (Å²) in [7, 11) is 4.12. The minimum atomic E-state index is -1.64. The van der Waals surface area contributed by atoms with Crippen molar-refractivity contribution in [1.82, 2.24) is 4.90 Å². The van der Waals surface area contributed by atoms with E-state index in [9.17, 15) is 14.0 Å². The molecule has 0 amide bonds. The molecule has 1 saturated heterocycles. The first-order chi connectivity index (χ1) is 16.5. The molecule has 0 radical (unpaired) electrons. The Balaban J connectivity index is 1.94. The number of esters is 2. The minimum Gasteiger partial charge on any atom is -0.496 e.